The van der Waals surface area contributed by atoms with E-state index in [1.807, 2.05) is 66.7 Å². The van der Waals surface area contributed by atoms with Gasteiger partial charge in [0.1, 0.15) is 22.6 Å². The molecule has 1 N–H and O–H groups in total. The van der Waals surface area contributed by atoms with Crippen LogP contribution < -0.4 is 24.3 Å². The Balaban J connectivity index is 1.42. The Bertz CT molecular complexity index is 1770. The molecule has 9 heteroatoms. The number of methoxy groups -OCH3 is 3. The molecule has 0 fully saturated rings. The zero-order valence-electron chi connectivity index (χ0n) is 24.4. The van der Waals surface area contributed by atoms with E-state index in [-0.39, 0.29) is 11.7 Å². The number of carbonyl (C=O) groups excluding carboxylic acids is 1. The number of benzene rings is 4. The topological polar surface area (TPSA) is 103 Å². The lowest BCUT2D eigenvalue weighted by Crippen LogP contribution is -2.14. The van der Waals surface area contributed by atoms with E-state index in [2.05, 4.69) is 11.4 Å². The van der Waals surface area contributed by atoms with Gasteiger partial charge in [-0.25, -0.2) is 4.98 Å². The van der Waals surface area contributed by atoms with Crippen molar-refractivity contribution in [2.24, 2.45) is 0 Å². The molecule has 1 aromatic heterocycles. The van der Waals surface area contributed by atoms with E-state index in [9.17, 15) is 10.1 Å². The summed E-state index contributed by atoms with van der Waals surface area (Å²) in [5.74, 6) is 2.54. The third-order valence-electron chi connectivity index (χ3n) is 6.60. The van der Waals surface area contributed by atoms with Crippen molar-refractivity contribution in [3.63, 3.8) is 0 Å². The van der Waals surface area contributed by atoms with E-state index in [0.717, 1.165) is 11.3 Å². The molecule has 8 nitrogen and oxygen atoms in total. The number of thioether (sulfide) groups is 1. The summed E-state index contributed by atoms with van der Waals surface area (Å²) in [5, 5.41) is 13.6. The Morgan fingerprint density at radius 1 is 0.795 bits per heavy atom. The lowest BCUT2D eigenvalue weighted by molar-refractivity contribution is -0.113. The van der Waals surface area contributed by atoms with Crippen molar-refractivity contribution in [2.45, 2.75) is 5.03 Å². The van der Waals surface area contributed by atoms with Gasteiger partial charge in [-0.15, -0.1) is 0 Å². The number of pyridine rings is 1. The van der Waals surface area contributed by atoms with Crippen molar-refractivity contribution in [2.75, 3.05) is 32.4 Å². The number of hydrogen-bond acceptors (Lipinski definition) is 8. The highest BCUT2D eigenvalue weighted by molar-refractivity contribution is 8.00. The molecular weight excluding hydrogens is 574 g/mol. The molecule has 0 saturated heterocycles. The first kappa shape index (κ1) is 30.0. The lowest BCUT2D eigenvalue weighted by Gasteiger charge is -2.16. The second-order valence-corrected chi connectivity index (χ2v) is 10.4. The molecule has 0 atom stereocenters. The Morgan fingerprint density at radius 2 is 1.41 bits per heavy atom. The number of ether oxygens (including phenoxy) is 4. The van der Waals surface area contributed by atoms with E-state index in [1.54, 1.807) is 36.4 Å². The molecule has 44 heavy (non-hydrogen) atoms. The summed E-state index contributed by atoms with van der Waals surface area (Å²) in [5.41, 5.74) is 3.79. The summed E-state index contributed by atoms with van der Waals surface area (Å²) in [6.45, 7) is 0. The maximum atomic E-state index is 13.0. The highest BCUT2D eigenvalue weighted by Crippen LogP contribution is 2.43. The highest BCUT2D eigenvalue weighted by Gasteiger charge is 2.21. The van der Waals surface area contributed by atoms with Gasteiger partial charge in [-0.1, -0.05) is 60.3 Å². The quantitative estimate of drug-likeness (QED) is 0.152. The highest BCUT2D eigenvalue weighted by atomic mass is 32.2. The number of anilines is 1. The third-order valence-corrected chi connectivity index (χ3v) is 7.58. The predicted octanol–water partition coefficient (Wildman–Crippen LogP) is 7.84. The summed E-state index contributed by atoms with van der Waals surface area (Å²) in [6.07, 6.45) is 0. The Hall–Kier alpha value is -5.46. The molecule has 0 unspecified atom stereocenters. The summed E-state index contributed by atoms with van der Waals surface area (Å²) in [4.78, 5) is 17.8. The van der Waals surface area contributed by atoms with Gasteiger partial charge < -0.3 is 24.3 Å². The molecule has 5 aromatic rings. The van der Waals surface area contributed by atoms with Crippen molar-refractivity contribution in [3.8, 4) is 57.2 Å². The monoisotopic (exact) mass is 603 g/mol. The summed E-state index contributed by atoms with van der Waals surface area (Å²) < 4.78 is 22.4. The van der Waals surface area contributed by atoms with Crippen molar-refractivity contribution in [3.05, 3.63) is 109 Å². The van der Waals surface area contributed by atoms with Crippen LogP contribution >= 0.6 is 11.8 Å². The minimum absolute atomic E-state index is 0.0386. The molecule has 0 aliphatic heterocycles. The van der Waals surface area contributed by atoms with Gasteiger partial charge in [0.15, 0.2) is 11.5 Å². The van der Waals surface area contributed by atoms with Crippen LogP contribution in [0.4, 0.5) is 5.69 Å². The van der Waals surface area contributed by atoms with Crippen LogP contribution in [0.3, 0.4) is 0 Å². The zero-order chi connectivity index (χ0) is 30.9. The second-order valence-electron chi connectivity index (χ2n) is 9.40. The van der Waals surface area contributed by atoms with Gasteiger partial charge in [0.05, 0.1) is 38.3 Å². The lowest BCUT2D eigenvalue weighted by atomic mass is 9.98. The number of hydrogen-bond donors (Lipinski definition) is 1. The number of nitrogens with one attached hydrogen (secondary N) is 1. The third kappa shape index (κ3) is 6.94. The molecule has 0 aliphatic carbocycles. The molecule has 220 valence electrons. The van der Waals surface area contributed by atoms with Crippen LogP contribution in [0.15, 0.2) is 108 Å². The first-order chi connectivity index (χ1) is 21.5. The number of amides is 1. The van der Waals surface area contributed by atoms with Gasteiger partial charge in [0, 0.05) is 16.8 Å². The van der Waals surface area contributed by atoms with Gasteiger partial charge in [0.25, 0.3) is 0 Å². The smallest absolute Gasteiger partial charge is 0.234 e. The van der Waals surface area contributed by atoms with Crippen LogP contribution in [-0.4, -0.2) is 38.0 Å². The standard InChI is InChI=1S/C35H29N3O5S/c1-40-31-18-24(19-32(41-2)34(31)42-3)28-20-30(23-10-6-4-7-11-23)38-35(29(28)21-36)44-22-33(39)37-25-14-16-27(17-15-25)43-26-12-8-5-9-13-26/h4-20H,22H2,1-3H3,(H,37,39). The fourth-order valence-electron chi connectivity index (χ4n) is 4.52. The molecule has 4 aromatic carbocycles. The number of aromatic nitrogens is 1. The maximum absolute atomic E-state index is 13.0. The maximum Gasteiger partial charge on any atom is 0.234 e. The van der Waals surface area contributed by atoms with E-state index in [1.165, 1.54) is 33.1 Å². The van der Waals surface area contributed by atoms with E-state index in [0.29, 0.717) is 56.1 Å². The number of rotatable bonds is 11. The molecule has 0 spiro atoms. The average molecular weight is 604 g/mol. The molecule has 0 radical (unpaired) electrons. The largest absolute Gasteiger partial charge is 0.493 e. The molecule has 0 saturated carbocycles. The molecule has 5 rings (SSSR count). The van der Waals surface area contributed by atoms with Crippen molar-refractivity contribution in [1.82, 2.24) is 4.98 Å². The average Bonchev–Trinajstić information content (AvgIpc) is 3.07. The van der Waals surface area contributed by atoms with Crippen LogP contribution in [0.5, 0.6) is 28.7 Å². The summed E-state index contributed by atoms with van der Waals surface area (Å²) >= 11 is 1.19. The molecule has 1 heterocycles. The van der Waals surface area contributed by atoms with Crippen LogP contribution in [0.1, 0.15) is 5.56 Å². The first-order valence-corrected chi connectivity index (χ1v) is 14.6. The minimum Gasteiger partial charge on any atom is -0.493 e. The van der Waals surface area contributed by atoms with Crippen molar-refractivity contribution in [1.29, 1.82) is 5.26 Å². The first-order valence-electron chi connectivity index (χ1n) is 13.6. The molecule has 0 bridgehead atoms. The predicted molar refractivity (Wildman–Crippen MR) is 172 cm³/mol. The molecule has 1 amide bonds. The van der Waals surface area contributed by atoms with Gasteiger partial charge >= 0.3 is 0 Å². The zero-order valence-corrected chi connectivity index (χ0v) is 25.2. The van der Waals surface area contributed by atoms with E-state index >= 15 is 0 Å². The summed E-state index contributed by atoms with van der Waals surface area (Å²) in [6, 6.07) is 34.0. The number of carbonyl (C=O) groups is 1. The van der Waals surface area contributed by atoms with Crippen molar-refractivity contribution >= 4 is 23.4 Å². The van der Waals surface area contributed by atoms with Gasteiger partial charge in [-0.05, 0) is 60.2 Å². The van der Waals surface area contributed by atoms with E-state index < -0.39 is 0 Å². The Morgan fingerprint density at radius 3 is 2.00 bits per heavy atom. The Labute approximate surface area is 260 Å². The second kappa shape index (κ2) is 14.1. The summed E-state index contributed by atoms with van der Waals surface area (Å²) in [7, 11) is 4.61. The molecular formula is C35H29N3O5S. The SMILES string of the molecule is COc1cc(-c2cc(-c3ccccc3)nc(SCC(=O)Nc3ccc(Oc4ccccc4)cc3)c2C#N)cc(OC)c1OC. The minimum atomic E-state index is -0.239. The van der Waals surface area contributed by atoms with Crippen LogP contribution in [0.25, 0.3) is 22.4 Å². The van der Waals surface area contributed by atoms with Crippen LogP contribution in [0, 0.1) is 11.3 Å². The van der Waals surface area contributed by atoms with Crippen LogP contribution in [0.2, 0.25) is 0 Å². The fraction of sp³-hybridized carbons (Fsp3) is 0.114. The van der Waals surface area contributed by atoms with Crippen molar-refractivity contribution < 1.29 is 23.7 Å². The van der Waals surface area contributed by atoms with Gasteiger partial charge in [-0.2, -0.15) is 5.26 Å². The number of para-hydroxylation sites is 1. The van der Waals surface area contributed by atoms with Gasteiger partial charge in [-0.3, -0.25) is 4.79 Å². The number of nitriles is 1. The normalized spacial score (nSPS) is 10.4. The fourth-order valence-corrected chi connectivity index (χ4v) is 5.32. The number of nitrogens with zero attached hydrogens (tertiary/aromatic N) is 2. The molecule has 0 aliphatic rings. The van der Waals surface area contributed by atoms with Crippen LogP contribution in [-0.2, 0) is 4.79 Å². The Kier molecular flexibility index (Phi) is 9.64. The van der Waals surface area contributed by atoms with E-state index in [4.69, 9.17) is 23.9 Å². The van der Waals surface area contributed by atoms with Gasteiger partial charge in [0.2, 0.25) is 11.7 Å².